The van der Waals surface area contributed by atoms with Crippen molar-refractivity contribution in [1.82, 2.24) is 4.31 Å². The van der Waals surface area contributed by atoms with Gasteiger partial charge in [-0.3, -0.25) is 4.79 Å². The van der Waals surface area contributed by atoms with Crippen LogP contribution in [-0.4, -0.2) is 49.6 Å². The zero-order valence-corrected chi connectivity index (χ0v) is 13.2. The second-order valence-electron chi connectivity index (χ2n) is 4.89. The first-order valence-electron chi connectivity index (χ1n) is 6.31. The molecule has 0 aliphatic carbocycles. The smallest absolute Gasteiger partial charge is 0.322 e. The van der Waals surface area contributed by atoms with Crippen LogP contribution in [0.25, 0.3) is 0 Å². The van der Waals surface area contributed by atoms with E-state index in [1.165, 1.54) is 19.2 Å². The van der Waals surface area contributed by atoms with E-state index < -0.39 is 28.1 Å². The summed E-state index contributed by atoms with van der Waals surface area (Å²) in [6.45, 7) is 1.61. The van der Waals surface area contributed by atoms with Crippen LogP contribution in [0, 0.1) is 6.92 Å². The first-order chi connectivity index (χ1) is 9.78. The maximum absolute atomic E-state index is 12.7. The molecule has 2 atom stereocenters. The molecule has 0 saturated carbocycles. The molecule has 1 aliphatic rings. The lowest BCUT2D eigenvalue weighted by molar-refractivity contribution is -0.140. The predicted molar refractivity (Wildman–Crippen MR) is 76.9 cm³/mol. The minimum absolute atomic E-state index is 0.0156. The third-order valence-corrected chi connectivity index (χ3v) is 6.07. The van der Waals surface area contributed by atoms with Gasteiger partial charge in [0.25, 0.3) is 0 Å². The van der Waals surface area contributed by atoms with Gasteiger partial charge in [0.1, 0.15) is 6.04 Å². The number of rotatable bonds is 4. The summed E-state index contributed by atoms with van der Waals surface area (Å²) in [6, 6.07) is 3.42. The molecule has 0 spiro atoms. The Labute approximate surface area is 128 Å². The summed E-state index contributed by atoms with van der Waals surface area (Å²) in [5.41, 5.74) is 0.407. The second kappa shape index (κ2) is 5.92. The number of aliphatic carboxylic acids is 1. The molecule has 0 radical (unpaired) electrons. The second-order valence-corrected chi connectivity index (χ2v) is 7.15. The van der Waals surface area contributed by atoms with E-state index in [1.54, 1.807) is 13.0 Å². The van der Waals surface area contributed by atoms with Crippen molar-refractivity contribution in [3.63, 3.8) is 0 Å². The maximum atomic E-state index is 12.7. The molecule has 6 nitrogen and oxygen atoms in total. The molecule has 0 amide bonds. The van der Waals surface area contributed by atoms with E-state index in [2.05, 4.69) is 0 Å². The lowest BCUT2D eigenvalue weighted by atomic mass is 10.2. The van der Waals surface area contributed by atoms with Gasteiger partial charge < -0.3 is 9.84 Å². The molecule has 1 aromatic carbocycles. The first kappa shape index (κ1) is 16.2. The van der Waals surface area contributed by atoms with Gasteiger partial charge in [-0.2, -0.15) is 4.31 Å². The Morgan fingerprint density at radius 2 is 2.14 bits per heavy atom. The van der Waals surface area contributed by atoms with Gasteiger partial charge in [0.05, 0.1) is 11.0 Å². The van der Waals surface area contributed by atoms with Crippen LogP contribution in [-0.2, 0) is 19.6 Å². The Morgan fingerprint density at radius 3 is 2.71 bits per heavy atom. The number of hydrogen-bond acceptors (Lipinski definition) is 4. The zero-order valence-electron chi connectivity index (χ0n) is 11.6. The van der Waals surface area contributed by atoms with Crippen LogP contribution in [0.3, 0.4) is 0 Å². The number of methoxy groups -OCH3 is 1. The standard InChI is InChI=1S/C13H16ClNO5S/c1-8-10(14)4-3-5-12(8)21(18,19)15-7-9(20-2)6-11(15)13(16)17/h3-5,9,11H,6-7H2,1-2H3,(H,16,17). The lowest BCUT2D eigenvalue weighted by Gasteiger charge is -2.22. The molecule has 2 unspecified atom stereocenters. The van der Waals surface area contributed by atoms with Crippen molar-refractivity contribution in [2.24, 2.45) is 0 Å². The lowest BCUT2D eigenvalue weighted by Crippen LogP contribution is -2.40. The molecular weight excluding hydrogens is 318 g/mol. The van der Waals surface area contributed by atoms with Crippen LogP contribution in [0.5, 0.6) is 0 Å². The summed E-state index contributed by atoms with van der Waals surface area (Å²) in [5.74, 6) is -1.18. The molecule has 2 rings (SSSR count). The van der Waals surface area contributed by atoms with Gasteiger partial charge in [0, 0.05) is 25.1 Å². The minimum Gasteiger partial charge on any atom is -0.480 e. The molecule has 0 aromatic heterocycles. The van der Waals surface area contributed by atoms with Crippen LogP contribution in [0.1, 0.15) is 12.0 Å². The number of benzene rings is 1. The number of nitrogens with zero attached hydrogens (tertiary/aromatic N) is 1. The van der Waals surface area contributed by atoms with Gasteiger partial charge in [-0.15, -0.1) is 0 Å². The topological polar surface area (TPSA) is 83.9 Å². The number of hydrogen-bond donors (Lipinski definition) is 1. The van der Waals surface area contributed by atoms with E-state index >= 15 is 0 Å². The van der Waals surface area contributed by atoms with Crippen molar-refractivity contribution in [3.8, 4) is 0 Å². The summed E-state index contributed by atoms with van der Waals surface area (Å²) >= 11 is 5.96. The van der Waals surface area contributed by atoms with Crippen molar-refractivity contribution in [1.29, 1.82) is 0 Å². The van der Waals surface area contributed by atoms with Gasteiger partial charge in [0.15, 0.2) is 0 Å². The summed E-state index contributed by atoms with van der Waals surface area (Å²) in [6.07, 6.45) is -0.301. The molecule has 1 heterocycles. The van der Waals surface area contributed by atoms with Crippen molar-refractivity contribution in [3.05, 3.63) is 28.8 Å². The van der Waals surface area contributed by atoms with Gasteiger partial charge in [-0.1, -0.05) is 17.7 Å². The quantitative estimate of drug-likeness (QED) is 0.903. The highest BCUT2D eigenvalue weighted by molar-refractivity contribution is 7.89. The minimum atomic E-state index is -3.94. The fraction of sp³-hybridized carbons (Fsp3) is 0.462. The molecule has 1 saturated heterocycles. The van der Waals surface area contributed by atoms with E-state index in [0.717, 1.165) is 4.31 Å². The van der Waals surface area contributed by atoms with Crippen LogP contribution in [0.2, 0.25) is 5.02 Å². The zero-order chi connectivity index (χ0) is 15.8. The van der Waals surface area contributed by atoms with E-state index in [1.807, 2.05) is 0 Å². The molecule has 1 fully saturated rings. The third kappa shape index (κ3) is 2.91. The average Bonchev–Trinajstić information content (AvgIpc) is 2.87. The van der Waals surface area contributed by atoms with Gasteiger partial charge in [-0.05, 0) is 24.6 Å². The Balaban J connectivity index is 2.47. The Kier molecular flexibility index (Phi) is 4.57. The maximum Gasteiger partial charge on any atom is 0.322 e. The average molecular weight is 334 g/mol. The number of carbonyl (C=O) groups is 1. The fourth-order valence-electron chi connectivity index (χ4n) is 2.42. The molecule has 8 heteroatoms. The molecule has 0 bridgehead atoms. The normalized spacial score (nSPS) is 23.4. The summed E-state index contributed by atoms with van der Waals surface area (Å²) in [4.78, 5) is 11.3. The summed E-state index contributed by atoms with van der Waals surface area (Å²) < 4.78 is 31.6. The highest BCUT2D eigenvalue weighted by atomic mass is 35.5. The molecule has 1 aliphatic heterocycles. The highest BCUT2D eigenvalue weighted by Crippen LogP contribution is 2.31. The van der Waals surface area contributed by atoms with Crippen molar-refractivity contribution >= 4 is 27.6 Å². The third-order valence-electron chi connectivity index (χ3n) is 3.64. The Hall–Kier alpha value is -1.15. The molecular formula is C13H16ClNO5S. The predicted octanol–water partition coefficient (Wildman–Crippen LogP) is 1.51. The molecule has 1 N–H and O–H groups in total. The van der Waals surface area contributed by atoms with Crippen molar-refractivity contribution < 1.29 is 23.1 Å². The monoisotopic (exact) mass is 333 g/mol. The highest BCUT2D eigenvalue weighted by Gasteiger charge is 2.44. The fourth-order valence-corrected chi connectivity index (χ4v) is 4.53. The molecule has 116 valence electrons. The largest absolute Gasteiger partial charge is 0.480 e. The Bertz CT molecular complexity index is 661. The number of ether oxygens (including phenoxy) is 1. The number of carboxylic acids is 1. The first-order valence-corrected chi connectivity index (χ1v) is 8.13. The van der Waals surface area contributed by atoms with E-state index in [0.29, 0.717) is 10.6 Å². The van der Waals surface area contributed by atoms with Crippen LogP contribution in [0.15, 0.2) is 23.1 Å². The van der Waals surface area contributed by atoms with E-state index in [-0.39, 0.29) is 17.9 Å². The van der Waals surface area contributed by atoms with Crippen LogP contribution >= 0.6 is 11.6 Å². The molecule has 21 heavy (non-hydrogen) atoms. The van der Waals surface area contributed by atoms with E-state index in [9.17, 15) is 18.3 Å². The molecule has 1 aromatic rings. The summed E-state index contributed by atoms with van der Waals surface area (Å²) in [7, 11) is -2.51. The van der Waals surface area contributed by atoms with Crippen molar-refractivity contribution in [2.75, 3.05) is 13.7 Å². The number of carboxylic acid groups (broad SMARTS) is 1. The van der Waals surface area contributed by atoms with E-state index in [4.69, 9.17) is 16.3 Å². The van der Waals surface area contributed by atoms with Gasteiger partial charge in [-0.25, -0.2) is 8.42 Å². The Morgan fingerprint density at radius 1 is 1.48 bits per heavy atom. The van der Waals surface area contributed by atoms with Crippen LogP contribution in [0.4, 0.5) is 0 Å². The van der Waals surface area contributed by atoms with Crippen LogP contribution < -0.4 is 0 Å². The number of sulfonamides is 1. The SMILES string of the molecule is COC1CC(C(=O)O)N(S(=O)(=O)c2cccc(Cl)c2C)C1. The van der Waals surface area contributed by atoms with Gasteiger partial charge >= 0.3 is 5.97 Å². The van der Waals surface area contributed by atoms with Crippen molar-refractivity contribution in [2.45, 2.75) is 30.4 Å². The van der Waals surface area contributed by atoms with Gasteiger partial charge in [0.2, 0.25) is 10.0 Å². The summed E-state index contributed by atoms with van der Waals surface area (Å²) in [5, 5.41) is 9.57. The number of halogens is 1.